The Hall–Kier alpha value is -1.96. The number of ether oxygens (including phenoxy) is 1. The molecule has 1 N–H and O–H groups in total. The molecule has 0 saturated heterocycles. The molecule has 7 heteroatoms. The molecule has 1 atom stereocenters. The highest BCUT2D eigenvalue weighted by atomic mass is 32.2. The van der Waals surface area contributed by atoms with E-state index in [1.165, 1.54) is 14.2 Å². The van der Waals surface area contributed by atoms with Gasteiger partial charge in [-0.1, -0.05) is 42.5 Å². The number of rotatable bonds is 7. The first-order chi connectivity index (χ1) is 11.3. The van der Waals surface area contributed by atoms with Gasteiger partial charge in [0, 0.05) is 19.6 Å². The van der Waals surface area contributed by atoms with Crippen LogP contribution in [0.5, 0.6) is 0 Å². The molecule has 0 aliphatic heterocycles. The van der Waals surface area contributed by atoms with Crippen LogP contribution in [0.15, 0.2) is 42.5 Å². The summed E-state index contributed by atoms with van der Waals surface area (Å²) in [6.45, 7) is 1.86. The molecule has 24 heavy (non-hydrogen) atoms. The summed E-state index contributed by atoms with van der Waals surface area (Å²) < 4.78 is 33.1. The lowest BCUT2D eigenvalue weighted by atomic mass is 10.0. The second-order valence-electron chi connectivity index (χ2n) is 5.56. The van der Waals surface area contributed by atoms with E-state index in [2.05, 4.69) is 9.46 Å². The Morgan fingerprint density at radius 1 is 1.21 bits per heavy atom. The Morgan fingerprint density at radius 3 is 2.58 bits per heavy atom. The van der Waals surface area contributed by atoms with Crippen molar-refractivity contribution in [2.75, 3.05) is 20.7 Å². The van der Waals surface area contributed by atoms with Gasteiger partial charge in [0.1, 0.15) is 0 Å². The summed E-state index contributed by atoms with van der Waals surface area (Å²) in [5.41, 5.74) is 0.901. The predicted octanol–water partition coefficient (Wildman–Crippen LogP) is 2.23. The molecule has 2 rings (SSSR count). The van der Waals surface area contributed by atoms with Gasteiger partial charge in [-0.05, 0) is 23.3 Å². The number of hydrogen-bond donors (Lipinski definition) is 1. The van der Waals surface area contributed by atoms with Gasteiger partial charge in [0.15, 0.2) is 0 Å². The number of nitrogens with one attached hydrogen (secondary N) is 1. The maximum absolute atomic E-state index is 12.4. The third-order valence-electron chi connectivity index (χ3n) is 3.88. The summed E-state index contributed by atoms with van der Waals surface area (Å²) in [4.78, 5) is 11.2. The van der Waals surface area contributed by atoms with Gasteiger partial charge in [0.25, 0.3) is 10.2 Å². The summed E-state index contributed by atoms with van der Waals surface area (Å²) >= 11 is 0. The largest absolute Gasteiger partial charge is 0.469 e. The normalized spacial score (nSPS) is 13.2. The van der Waals surface area contributed by atoms with E-state index in [-0.39, 0.29) is 13.0 Å². The minimum Gasteiger partial charge on any atom is -0.469 e. The molecular weight excluding hydrogens is 328 g/mol. The fourth-order valence-electron chi connectivity index (χ4n) is 2.48. The number of nitrogens with zero attached hydrogens (tertiary/aromatic N) is 1. The standard InChI is InChI=1S/C17H22N2O4S/c1-13(15-10-6-8-14-7-4-5-9-16(14)15)18-24(21,22)19(2)12-11-17(20)23-3/h4-10,13,18H,11-12H2,1-3H3/t13-/m1/s1. The Balaban J connectivity index is 2.15. The maximum atomic E-state index is 12.4. The minimum absolute atomic E-state index is 0.0105. The van der Waals surface area contributed by atoms with Crippen LogP contribution in [0.4, 0.5) is 0 Å². The van der Waals surface area contributed by atoms with Crippen LogP contribution in [0.25, 0.3) is 10.8 Å². The highest BCUT2D eigenvalue weighted by Crippen LogP contribution is 2.24. The molecule has 2 aromatic rings. The van der Waals surface area contributed by atoms with Crippen molar-refractivity contribution in [2.45, 2.75) is 19.4 Å². The van der Waals surface area contributed by atoms with Gasteiger partial charge < -0.3 is 4.74 Å². The van der Waals surface area contributed by atoms with Crippen LogP contribution in [0, 0.1) is 0 Å². The van der Waals surface area contributed by atoms with Crippen molar-refractivity contribution in [1.29, 1.82) is 0 Å². The van der Waals surface area contributed by atoms with Crippen molar-refractivity contribution < 1.29 is 17.9 Å². The first-order valence-corrected chi connectivity index (χ1v) is 9.07. The molecule has 0 spiro atoms. The fraction of sp³-hybridized carbons (Fsp3) is 0.353. The second kappa shape index (κ2) is 7.74. The number of carbonyl (C=O) groups is 1. The molecule has 0 unspecified atom stereocenters. The SMILES string of the molecule is COC(=O)CCN(C)S(=O)(=O)N[C@H](C)c1cccc2ccccc12. The van der Waals surface area contributed by atoms with E-state index in [0.29, 0.717) is 0 Å². The van der Waals surface area contributed by atoms with Gasteiger partial charge in [-0.25, -0.2) is 0 Å². The van der Waals surface area contributed by atoms with Crippen LogP contribution in [0.3, 0.4) is 0 Å². The molecule has 6 nitrogen and oxygen atoms in total. The van der Waals surface area contributed by atoms with Gasteiger partial charge in [0.05, 0.1) is 13.5 Å². The minimum atomic E-state index is -3.70. The molecule has 0 amide bonds. The molecule has 0 bridgehead atoms. The van der Waals surface area contributed by atoms with Crippen molar-refractivity contribution in [3.05, 3.63) is 48.0 Å². The first-order valence-electron chi connectivity index (χ1n) is 7.63. The van der Waals surface area contributed by atoms with E-state index >= 15 is 0 Å². The number of methoxy groups -OCH3 is 1. The topological polar surface area (TPSA) is 75.7 Å². The zero-order valence-corrected chi connectivity index (χ0v) is 14.8. The fourth-order valence-corrected chi connectivity index (χ4v) is 3.56. The molecule has 0 aliphatic carbocycles. The molecule has 0 aliphatic rings. The number of hydrogen-bond acceptors (Lipinski definition) is 4. The smallest absolute Gasteiger partial charge is 0.306 e. The van der Waals surface area contributed by atoms with Gasteiger partial charge in [-0.2, -0.15) is 17.4 Å². The van der Waals surface area contributed by atoms with Crippen LogP contribution in [-0.2, 0) is 19.7 Å². The molecule has 0 radical (unpaired) electrons. The Labute approximate surface area is 142 Å². The Kier molecular flexibility index (Phi) is 5.93. The summed E-state index contributed by atoms with van der Waals surface area (Å²) in [6, 6.07) is 13.2. The summed E-state index contributed by atoms with van der Waals surface area (Å²) in [5, 5.41) is 2.06. The average Bonchev–Trinajstić information content (AvgIpc) is 2.58. The number of benzene rings is 2. The third-order valence-corrected chi connectivity index (χ3v) is 5.54. The van der Waals surface area contributed by atoms with E-state index in [4.69, 9.17) is 0 Å². The van der Waals surface area contributed by atoms with Crippen LogP contribution in [-0.4, -0.2) is 39.4 Å². The van der Waals surface area contributed by atoms with Crippen LogP contribution in [0.2, 0.25) is 0 Å². The van der Waals surface area contributed by atoms with Gasteiger partial charge >= 0.3 is 5.97 Å². The van der Waals surface area contributed by atoms with Gasteiger partial charge in [-0.15, -0.1) is 0 Å². The summed E-state index contributed by atoms with van der Waals surface area (Å²) in [7, 11) is -0.998. The van der Waals surface area contributed by atoms with Crippen molar-refractivity contribution in [1.82, 2.24) is 9.03 Å². The van der Waals surface area contributed by atoms with Gasteiger partial charge in [-0.3, -0.25) is 4.79 Å². The van der Waals surface area contributed by atoms with Crippen molar-refractivity contribution in [3.8, 4) is 0 Å². The highest BCUT2D eigenvalue weighted by molar-refractivity contribution is 7.87. The first kappa shape index (κ1) is 18.4. The Bertz CT molecular complexity index is 815. The lowest BCUT2D eigenvalue weighted by Gasteiger charge is -2.22. The van der Waals surface area contributed by atoms with Crippen molar-refractivity contribution in [3.63, 3.8) is 0 Å². The zero-order valence-electron chi connectivity index (χ0n) is 14.0. The molecule has 0 aromatic heterocycles. The van der Waals surface area contributed by atoms with E-state index < -0.39 is 22.2 Å². The van der Waals surface area contributed by atoms with E-state index in [1.54, 1.807) is 6.92 Å². The molecule has 0 heterocycles. The quantitative estimate of drug-likeness (QED) is 0.777. The third kappa shape index (κ3) is 4.31. The van der Waals surface area contributed by atoms with E-state index in [1.807, 2.05) is 42.5 Å². The summed E-state index contributed by atoms with van der Waals surface area (Å²) in [5.74, 6) is -0.445. The zero-order chi connectivity index (χ0) is 17.7. The Morgan fingerprint density at radius 2 is 1.88 bits per heavy atom. The molecule has 2 aromatic carbocycles. The average molecular weight is 350 g/mol. The maximum Gasteiger partial charge on any atom is 0.306 e. The molecular formula is C17H22N2O4S. The van der Waals surface area contributed by atoms with Crippen LogP contribution >= 0.6 is 0 Å². The van der Waals surface area contributed by atoms with Crippen molar-refractivity contribution >= 4 is 27.0 Å². The van der Waals surface area contributed by atoms with Gasteiger partial charge in [0.2, 0.25) is 0 Å². The lowest BCUT2D eigenvalue weighted by Crippen LogP contribution is -2.40. The number of carbonyl (C=O) groups excluding carboxylic acids is 1. The molecule has 0 saturated carbocycles. The predicted molar refractivity (Wildman–Crippen MR) is 93.7 cm³/mol. The van der Waals surface area contributed by atoms with Crippen LogP contribution in [0.1, 0.15) is 24.9 Å². The molecule has 130 valence electrons. The highest BCUT2D eigenvalue weighted by Gasteiger charge is 2.22. The molecule has 0 fully saturated rings. The summed E-state index contributed by atoms with van der Waals surface area (Å²) in [6.07, 6.45) is 0.0105. The van der Waals surface area contributed by atoms with Crippen LogP contribution < -0.4 is 4.72 Å². The van der Waals surface area contributed by atoms with Crippen molar-refractivity contribution in [2.24, 2.45) is 0 Å². The van der Waals surface area contributed by atoms with E-state index in [0.717, 1.165) is 20.6 Å². The van der Waals surface area contributed by atoms with E-state index in [9.17, 15) is 13.2 Å². The number of fused-ring (bicyclic) bond motifs is 1. The lowest BCUT2D eigenvalue weighted by molar-refractivity contribution is -0.140. The number of esters is 1. The monoisotopic (exact) mass is 350 g/mol. The second-order valence-corrected chi connectivity index (χ2v) is 7.37.